The third kappa shape index (κ3) is 4.83. The Morgan fingerprint density at radius 3 is 2.35 bits per heavy atom. The first-order chi connectivity index (χ1) is 9.11. The fraction of sp³-hybridized carbons (Fsp3) is 0.615. The minimum absolute atomic E-state index is 0.0239. The van der Waals surface area contributed by atoms with Crippen LogP contribution in [0.5, 0.6) is 0 Å². The smallest absolute Gasteiger partial charge is 0.365 e. The average molecular weight is 310 g/mol. The monoisotopic (exact) mass is 309 g/mol. The van der Waals surface area contributed by atoms with Gasteiger partial charge in [-0.1, -0.05) is 25.4 Å². The lowest BCUT2D eigenvalue weighted by Gasteiger charge is -2.26. The van der Waals surface area contributed by atoms with Gasteiger partial charge in [-0.3, -0.25) is 0 Å². The molecule has 7 heteroatoms. The average Bonchev–Trinajstić information content (AvgIpc) is 2.28. The van der Waals surface area contributed by atoms with Crippen LogP contribution < -0.4 is 5.32 Å². The molecule has 0 aliphatic rings. The first kappa shape index (κ1) is 17.0. The molecule has 0 spiro atoms. The third-order valence-corrected chi connectivity index (χ3v) is 3.15. The summed E-state index contributed by atoms with van der Waals surface area (Å²) in [7, 11) is 3.86. The van der Waals surface area contributed by atoms with Crippen molar-refractivity contribution in [3.05, 3.63) is 22.8 Å². The number of pyridine rings is 1. The maximum Gasteiger partial charge on any atom is 0.417 e. The summed E-state index contributed by atoms with van der Waals surface area (Å²) in [4.78, 5) is 5.79. The van der Waals surface area contributed by atoms with E-state index in [0.29, 0.717) is 0 Å². The van der Waals surface area contributed by atoms with E-state index in [2.05, 4.69) is 10.3 Å². The molecule has 0 saturated carbocycles. The second-order valence-corrected chi connectivity index (χ2v) is 5.72. The molecule has 3 nitrogen and oxygen atoms in total. The lowest BCUT2D eigenvalue weighted by Crippen LogP contribution is -2.36. The standard InChI is InChI=1S/C13H19ClF3N3/c1-8(2)11(7-20(3)4)19-12-10(14)5-9(6-18-12)13(15,16)17/h5-6,8,11H,7H2,1-4H3,(H,18,19). The van der Waals surface area contributed by atoms with E-state index in [-0.39, 0.29) is 22.8 Å². The first-order valence-electron chi connectivity index (χ1n) is 6.25. The van der Waals surface area contributed by atoms with Crippen LogP contribution in [0.2, 0.25) is 5.02 Å². The quantitative estimate of drug-likeness (QED) is 0.898. The zero-order chi connectivity index (χ0) is 15.5. The van der Waals surface area contributed by atoms with Crippen LogP contribution in [0.25, 0.3) is 0 Å². The van der Waals surface area contributed by atoms with Crippen LogP contribution in [0.4, 0.5) is 19.0 Å². The van der Waals surface area contributed by atoms with Gasteiger partial charge in [-0.15, -0.1) is 0 Å². The number of hydrogen-bond acceptors (Lipinski definition) is 3. The van der Waals surface area contributed by atoms with Gasteiger partial charge in [-0.25, -0.2) is 4.98 Å². The molecule has 1 rings (SSSR count). The van der Waals surface area contributed by atoms with E-state index in [1.54, 1.807) is 0 Å². The molecule has 1 aromatic heterocycles. The van der Waals surface area contributed by atoms with Gasteiger partial charge in [-0.05, 0) is 26.1 Å². The number of halogens is 4. The Morgan fingerprint density at radius 2 is 1.95 bits per heavy atom. The van der Waals surface area contributed by atoms with Crippen LogP contribution in [0, 0.1) is 5.92 Å². The molecule has 1 unspecified atom stereocenters. The molecule has 1 heterocycles. The van der Waals surface area contributed by atoms with Crippen LogP contribution in [-0.2, 0) is 6.18 Å². The zero-order valence-corrected chi connectivity index (χ0v) is 12.7. The SMILES string of the molecule is CC(C)C(CN(C)C)Nc1ncc(C(F)(F)F)cc1Cl. The second-order valence-electron chi connectivity index (χ2n) is 5.31. The van der Waals surface area contributed by atoms with Crippen LogP contribution in [0.1, 0.15) is 19.4 Å². The van der Waals surface area contributed by atoms with Gasteiger partial charge in [0.1, 0.15) is 5.82 Å². The minimum atomic E-state index is -4.43. The number of nitrogens with one attached hydrogen (secondary N) is 1. The van der Waals surface area contributed by atoms with E-state index in [1.807, 2.05) is 32.8 Å². The summed E-state index contributed by atoms with van der Waals surface area (Å²) >= 11 is 5.88. The zero-order valence-electron chi connectivity index (χ0n) is 11.9. The van der Waals surface area contributed by atoms with Gasteiger partial charge in [0.05, 0.1) is 10.6 Å². The Kier molecular flexibility index (Phi) is 5.65. The maximum absolute atomic E-state index is 12.5. The summed E-state index contributed by atoms with van der Waals surface area (Å²) in [6.45, 7) is 4.79. The highest BCUT2D eigenvalue weighted by molar-refractivity contribution is 6.33. The topological polar surface area (TPSA) is 28.2 Å². The van der Waals surface area contributed by atoms with Crippen molar-refractivity contribution in [1.82, 2.24) is 9.88 Å². The van der Waals surface area contributed by atoms with Crippen molar-refractivity contribution >= 4 is 17.4 Å². The van der Waals surface area contributed by atoms with Crippen molar-refractivity contribution in [1.29, 1.82) is 0 Å². The number of alkyl halides is 3. The summed E-state index contributed by atoms with van der Waals surface area (Å²) in [6.07, 6.45) is -3.64. The van der Waals surface area contributed by atoms with Crippen LogP contribution in [0.15, 0.2) is 12.3 Å². The van der Waals surface area contributed by atoms with Crippen molar-refractivity contribution in [2.75, 3.05) is 26.0 Å². The molecule has 1 N–H and O–H groups in total. The van der Waals surface area contributed by atoms with Crippen molar-refractivity contribution < 1.29 is 13.2 Å². The highest BCUT2D eigenvalue weighted by atomic mass is 35.5. The van der Waals surface area contributed by atoms with Crippen molar-refractivity contribution in [2.24, 2.45) is 5.92 Å². The van der Waals surface area contributed by atoms with Crippen LogP contribution in [0.3, 0.4) is 0 Å². The second kappa shape index (κ2) is 6.63. The van der Waals surface area contributed by atoms with E-state index in [1.165, 1.54) is 0 Å². The fourth-order valence-corrected chi connectivity index (χ4v) is 1.91. The van der Waals surface area contributed by atoms with E-state index in [0.717, 1.165) is 18.8 Å². The number of nitrogens with zero attached hydrogens (tertiary/aromatic N) is 2. The van der Waals surface area contributed by atoms with Gasteiger partial charge < -0.3 is 10.2 Å². The van der Waals surface area contributed by atoms with Gasteiger partial charge in [0.15, 0.2) is 0 Å². The summed E-state index contributed by atoms with van der Waals surface area (Å²) in [5.74, 6) is 0.567. The summed E-state index contributed by atoms with van der Waals surface area (Å²) < 4.78 is 37.6. The lowest BCUT2D eigenvalue weighted by molar-refractivity contribution is -0.137. The fourth-order valence-electron chi connectivity index (χ4n) is 1.69. The molecule has 0 aliphatic carbocycles. The Hall–Kier alpha value is -1.01. The predicted octanol–water partition coefficient (Wildman–Crippen LogP) is 3.75. The Bertz CT molecular complexity index is 447. The van der Waals surface area contributed by atoms with Crippen molar-refractivity contribution in [3.63, 3.8) is 0 Å². The molecular weight excluding hydrogens is 291 g/mol. The van der Waals surface area contributed by atoms with E-state index < -0.39 is 11.7 Å². The number of anilines is 1. The van der Waals surface area contributed by atoms with E-state index in [4.69, 9.17) is 11.6 Å². The molecule has 0 bridgehead atoms. The first-order valence-corrected chi connectivity index (χ1v) is 6.63. The molecule has 0 saturated heterocycles. The predicted molar refractivity (Wildman–Crippen MR) is 75.1 cm³/mol. The highest BCUT2D eigenvalue weighted by Gasteiger charge is 2.31. The van der Waals surface area contributed by atoms with Crippen molar-refractivity contribution in [2.45, 2.75) is 26.1 Å². The van der Waals surface area contributed by atoms with Gasteiger partial charge in [0.2, 0.25) is 0 Å². The van der Waals surface area contributed by atoms with Gasteiger partial charge >= 0.3 is 6.18 Å². The highest BCUT2D eigenvalue weighted by Crippen LogP contribution is 2.32. The molecule has 0 fully saturated rings. The van der Waals surface area contributed by atoms with E-state index in [9.17, 15) is 13.2 Å². The summed E-state index contributed by atoms with van der Waals surface area (Å²) in [6, 6.07) is 0.941. The molecule has 0 amide bonds. The molecule has 0 aromatic carbocycles. The Balaban J connectivity index is 2.91. The van der Waals surface area contributed by atoms with Crippen molar-refractivity contribution in [3.8, 4) is 0 Å². The minimum Gasteiger partial charge on any atom is -0.365 e. The molecule has 0 aliphatic heterocycles. The number of hydrogen-bond donors (Lipinski definition) is 1. The Morgan fingerprint density at radius 1 is 1.35 bits per heavy atom. The van der Waals surface area contributed by atoms with Gasteiger partial charge in [0.25, 0.3) is 0 Å². The van der Waals surface area contributed by atoms with Gasteiger partial charge in [0, 0.05) is 18.8 Å². The maximum atomic E-state index is 12.5. The molecule has 114 valence electrons. The van der Waals surface area contributed by atoms with E-state index >= 15 is 0 Å². The van der Waals surface area contributed by atoms with Crippen LogP contribution >= 0.6 is 11.6 Å². The molecule has 0 radical (unpaired) electrons. The molecule has 1 atom stereocenters. The summed E-state index contributed by atoms with van der Waals surface area (Å²) in [5, 5.41) is 3.08. The largest absolute Gasteiger partial charge is 0.417 e. The number of aromatic nitrogens is 1. The normalized spacial score (nSPS) is 13.9. The Labute approximate surface area is 122 Å². The molecule has 1 aromatic rings. The lowest BCUT2D eigenvalue weighted by atomic mass is 10.0. The molecular formula is C13H19ClF3N3. The third-order valence-electron chi connectivity index (χ3n) is 2.86. The number of likely N-dealkylation sites (N-methyl/N-ethyl adjacent to an activating group) is 1. The summed E-state index contributed by atoms with van der Waals surface area (Å²) in [5.41, 5.74) is -0.846. The van der Waals surface area contributed by atoms with Crippen LogP contribution in [-0.4, -0.2) is 36.6 Å². The number of rotatable bonds is 5. The van der Waals surface area contributed by atoms with Gasteiger partial charge in [-0.2, -0.15) is 13.2 Å². The molecule has 20 heavy (non-hydrogen) atoms.